The predicted octanol–water partition coefficient (Wildman–Crippen LogP) is 3.68. The van der Waals surface area contributed by atoms with Crippen LogP contribution in [0.2, 0.25) is 0 Å². The van der Waals surface area contributed by atoms with Gasteiger partial charge >= 0.3 is 0 Å². The van der Waals surface area contributed by atoms with E-state index in [4.69, 9.17) is 9.47 Å². The van der Waals surface area contributed by atoms with Gasteiger partial charge in [-0.3, -0.25) is 0 Å². The molecule has 0 N–H and O–H groups in total. The minimum atomic E-state index is -0.466. The van der Waals surface area contributed by atoms with Crippen LogP contribution < -0.4 is 0 Å². The van der Waals surface area contributed by atoms with E-state index in [1.807, 2.05) is 42.5 Å². The highest BCUT2D eigenvalue weighted by molar-refractivity contribution is 5.51. The molecule has 2 heteroatoms. The summed E-state index contributed by atoms with van der Waals surface area (Å²) in [5, 5.41) is 0. The van der Waals surface area contributed by atoms with E-state index in [1.165, 1.54) is 5.56 Å². The van der Waals surface area contributed by atoms with Crippen LogP contribution in [-0.4, -0.2) is 12.4 Å². The second-order valence-electron chi connectivity index (χ2n) is 4.54. The maximum Gasteiger partial charge on any atom is 0.230 e. The van der Waals surface area contributed by atoms with Gasteiger partial charge in [-0.2, -0.15) is 0 Å². The Kier molecular flexibility index (Phi) is 3.03. The Hall–Kier alpha value is -1.80. The molecule has 0 aromatic heterocycles. The van der Waals surface area contributed by atoms with Crippen LogP contribution >= 0.6 is 0 Å². The van der Waals surface area contributed by atoms with Gasteiger partial charge in [0.1, 0.15) is 5.76 Å². The van der Waals surface area contributed by atoms with Gasteiger partial charge in [0.15, 0.2) is 0 Å². The molecule has 1 atom stereocenters. The summed E-state index contributed by atoms with van der Waals surface area (Å²) < 4.78 is 11.4. The predicted molar refractivity (Wildman–Crippen MR) is 71.7 cm³/mol. The lowest BCUT2D eigenvalue weighted by Crippen LogP contribution is -2.24. The molecular weight excluding hydrogens is 224 g/mol. The number of hydrogen-bond acceptors (Lipinski definition) is 2. The molecule has 1 aromatic carbocycles. The van der Waals surface area contributed by atoms with Crippen molar-refractivity contribution in [2.24, 2.45) is 0 Å². The summed E-state index contributed by atoms with van der Waals surface area (Å²) in [5.74, 6) is 0.399. The Balaban J connectivity index is 1.65. The van der Waals surface area contributed by atoms with Gasteiger partial charge in [0.2, 0.25) is 5.79 Å². The second kappa shape index (κ2) is 4.83. The third-order valence-electron chi connectivity index (χ3n) is 3.16. The average molecular weight is 240 g/mol. The van der Waals surface area contributed by atoms with E-state index >= 15 is 0 Å². The van der Waals surface area contributed by atoms with Crippen molar-refractivity contribution in [3.63, 3.8) is 0 Å². The van der Waals surface area contributed by atoms with Crippen LogP contribution in [0.25, 0.3) is 6.08 Å². The fraction of sp³-hybridized carbons (Fsp3) is 0.250. The first kappa shape index (κ1) is 11.3. The first-order chi connectivity index (χ1) is 8.86. The molecule has 0 amide bonds. The molecule has 2 aliphatic heterocycles. The van der Waals surface area contributed by atoms with Crippen molar-refractivity contribution in [1.29, 1.82) is 0 Å². The lowest BCUT2D eigenvalue weighted by molar-refractivity contribution is -0.135. The zero-order valence-corrected chi connectivity index (χ0v) is 10.2. The van der Waals surface area contributed by atoms with Crippen LogP contribution in [-0.2, 0) is 9.47 Å². The van der Waals surface area contributed by atoms with Crippen LogP contribution in [0, 0.1) is 0 Å². The van der Waals surface area contributed by atoms with E-state index in [0.717, 1.165) is 25.2 Å². The monoisotopic (exact) mass is 240 g/mol. The van der Waals surface area contributed by atoms with Gasteiger partial charge in [0.25, 0.3) is 0 Å². The zero-order chi connectivity index (χ0) is 12.3. The molecule has 0 bridgehead atoms. The SMILES string of the molecule is C1=CC2(CCCO2)O/C1=C/C=C/c1ccccc1. The van der Waals surface area contributed by atoms with Gasteiger partial charge in [0.05, 0.1) is 6.61 Å². The van der Waals surface area contributed by atoms with Crippen molar-refractivity contribution >= 4 is 6.08 Å². The summed E-state index contributed by atoms with van der Waals surface area (Å²) in [6.45, 7) is 0.789. The van der Waals surface area contributed by atoms with Gasteiger partial charge in [-0.1, -0.05) is 42.5 Å². The average Bonchev–Trinajstić information content (AvgIpc) is 3.02. The van der Waals surface area contributed by atoms with E-state index < -0.39 is 5.79 Å². The summed E-state index contributed by atoms with van der Waals surface area (Å²) in [6, 6.07) is 10.2. The van der Waals surface area contributed by atoms with Gasteiger partial charge in [0, 0.05) is 6.42 Å². The molecule has 2 aliphatic rings. The normalized spacial score (nSPS) is 28.6. The lowest BCUT2D eigenvalue weighted by atomic mass is 10.2. The maximum absolute atomic E-state index is 5.82. The molecule has 18 heavy (non-hydrogen) atoms. The van der Waals surface area contributed by atoms with E-state index in [-0.39, 0.29) is 0 Å². The van der Waals surface area contributed by atoms with Crippen molar-refractivity contribution in [3.05, 3.63) is 66.0 Å². The van der Waals surface area contributed by atoms with E-state index in [0.29, 0.717) is 0 Å². The minimum absolute atomic E-state index is 0.466. The molecule has 1 saturated heterocycles. The Morgan fingerprint density at radius 2 is 2.06 bits per heavy atom. The Morgan fingerprint density at radius 1 is 1.17 bits per heavy atom. The van der Waals surface area contributed by atoms with Crippen LogP contribution in [0.1, 0.15) is 18.4 Å². The molecule has 2 heterocycles. The number of benzene rings is 1. The van der Waals surface area contributed by atoms with E-state index in [2.05, 4.69) is 18.2 Å². The summed E-state index contributed by atoms with van der Waals surface area (Å²) in [4.78, 5) is 0. The summed E-state index contributed by atoms with van der Waals surface area (Å²) in [5.41, 5.74) is 1.18. The van der Waals surface area contributed by atoms with E-state index in [1.54, 1.807) is 0 Å². The molecule has 1 fully saturated rings. The first-order valence-electron chi connectivity index (χ1n) is 6.32. The lowest BCUT2D eigenvalue weighted by Gasteiger charge is -2.20. The molecule has 3 rings (SSSR count). The van der Waals surface area contributed by atoms with E-state index in [9.17, 15) is 0 Å². The number of rotatable bonds is 2. The highest BCUT2D eigenvalue weighted by Gasteiger charge is 2.38. The molecule has 1 aromatic rings. The van der Waals surface area contributed by atoms with Crippen LogP contribution in [0.5, 0.6) is 0 Å². The highest BCUT2D eigenvalue weighted by atomic mass is 16.7. The van der Waals surface area contributed by atoms with Crippen LogP contribution in [0.15, 0.2) is 60.4 Å². The minimum Gasteiger partial charge on any atom is -0.459 e. The van der Waals surface area contributed by atoms with Crippen molar-refractivity contribution in [3.8, 4) is 0 Å². The van der Waals surface area contributed by atoms with Gasteiger partial charge in [-0.25, -0.2) is 0 Å². The molecule has 0 radical (unpaired) electrons. The maximum atomic E-state index is 5.82. The second-order valence-corrected chi connectivity index (χ2v) is 4.54. The molecular formula is C16H16O2. The Labute approximate surface area is 107 Å². The van der Waals surface area contributed by atoms with Crippen molar-refractivity contribution in [2.75, 3.05) is 6.61 Å². The largest absolute Gasteiger partial charge is 0.459 e. The Bertz CT molecular complexity index is 491. The third kappa shape index (κ3) is 2.39. The number of hydrogen-bond donors (Lipinski definition) is 0. The summed E-state index contributed by atoms with van der Waals surface area (Å²) in [7, 11) is 0. The number of ether oxygens (including phenoxy) is 2. The molecule has 2 nitrogen and oxygen atoms in total. The van der Waals surface area contributed by atoms with Gasteiger partial charge < -0.3 is 9.47 Å². The fourth-order valence-corrected chi connectivity index (χ4v) is 2.23. The molecule has 1 spiro atoms. The molecule has 0 aliphatic carbocycles. The van der Waals surface area contributed by atoms with Crippen LogP contribution in [0.4, 0.5) is 0 Å². The smallest absolute Gasteiger partial charge is 0.230 e. The van der Waals surface area contributed by atoms with Crippen LogP contribution in [0.3, 0.4) is 0 Å². The molecule has 1 unspecified atom stereocenters. The zero-order valence-electron chi connectivity index (χ0n) is 10.2. The molecule has 0 saturated carbocycles. The van der Waals surface area contributed by atoms with Crippen molar-refractivity contribution in [1.82, 2.24) is 0 Å². The third-order valence-corrected chi connectivity index (χ3v) is 3.16. The highest BCUT2D eigenvalue weighted by Crippen LogP contribution is 2.35. The quantitative estimate of drug-likeness (QED) is 0.785. The molecule has 92 valence electrons. The first-order valence-corrected chi connectivity index (χ1v) is 6.32. The summed E-state index contributed by atoms with van der Waals surface area (Å²) in [6.07, 6.45) is 12.1. The topological polar surface area (TPSA) is 18.5 Å². The van der Waals surface area contributed by atoms with Gasteiger partial charge in [-0.05, 0) is 30.2 Å². The van der Waals surface area contributed by atoms with Crippen molar-refractivity contribution in [2.45, 2.75) is 18.6 Å². The fourth-order valence-electron chi connectivity index (χ4n) is 2.23. The number of allylic oxidation sites excluding steroid dienone is 3. The Morgan fingerprint density at radius 3 is 2.83 bits per heavy atom. The standard InChI is InChI=1S/C16H16O2/c1-2-6-14(7-3-1)8-4-9-15-10-12-16(18-15)11-5-13-17-16/h1-4,6-10,12H,5,11,13H2/b8-4+,15-9+. The summed E-state index contributed by atoms with van der Waals surface area (Å²) >= 11 is 0. The van der Waals surface area contributed by atoms with Crippen molar-refractivity contribution < 1.29 is 9.47 Å². The van der Waals surface area contributed by atoms with Gasteiger partial charge in [-0.15, -0.1) is 0 Å².